The molecule has 0 spiro atoms. The zero-order chi connectivity index (χ0) is 11.2. The molecule has 15 heavy (non-hydrogen) atoms. The number of rotatable bonds is 0. The summed E-state index contributed by atoms with van der Waals surface area (Å²) in [7, 11) is 0. The van der Waals surface area contributed by atoms with Crippen LogP contribution in [0.15, 0.2) is 0 Å². The summed E-state index contributed by atoms with van der Waals surface area (Å²) in [4.78, 5) is 0. The largest absolute Gasteiger partial charge is 0.379 e. The highest BCUT2D eigenvalue weighted by molar-refractivity contribution is 4.55. The van der Waals surface area contributed by atoms with Crippen molar-refractivity contribution < 1.29 is 4.74 Å². The van der Waals surface area contributed by atoms with Crippen molar-refractivity contribution in [2.45, 2.75) is 39.5 Å². The van der Waals surface area contributed by atoms with Crippen molar-refractivity contribution >= 4 is 0 Å². The lowest BCUT2D eigenvalue weighted by atomic mass is 10.2. The van der Waals surface area contributed by atoms with Crippen molar-refractivity contribution in [3.63, 3.8) is 0 Å². The van der Waals surface area contributed by atoms with Crippen LogP contribution in [-0.4, -0.2) is 39.4 Å². The van der Waals surface area contributed by atoms with E-state index in [0.29, 0.717) is 0 Å². The van der Waals surface area contributed by atoms with Crippen LogP contribution in [0.25, 0.3) is 0 Å². The maximum atomic E-state index is 5.01. The second-order valence-electron chi connectivity index (χ2n) is 3.88. The van der Waals surface area contributed by atoms with Crippen LogP contribution in [0.5, 0.6) is 0 Å². The second-order valence-corrected chi connectivity index (χ2v) is 3.88. The molecule has 0 atom stereocenters. The average molecular weight is 216 g/mol. The van der Waals surface area contributed by atoms with Gasteiger partial charge >= 0.3 is 0 Å². The second kappa shape index (κ2) is 13.9. The summed E-state index contributed by atoms with van der Waals surface area (Å²) in [6.07, 6.45) is 5.47. The molecule has 3 nitrogen and oxygen atoms in total. The third kappa shape index (κ3) is 13.9. The fourth-order valence-corrected chi connectivity index (χ4v) is 1.32. The fourth-order valence-electron chi connectivity index (χ4n) is 1.32. The van der Waals surface area contributed by atoms with Crippen LogP contribution in [0.3, 0.4) is 0 Å². The Hall–Kier alpha value is -0.120. The average Bonchev–Trinajstić information content (AvgIpc) is 2.35. The Morgan fingerprint density at radius 2 is 1.27 bits per heavy atom. The van der Waals surface area contributed by atoms with Crippen LogP contribution in [-0.2, 0) is 4.74 Å². The van der Waals surface area contributed by atoms with E-state index in [0.717, 1.165) is 26.3 Å². The van der Waals surface area contributed by atoms with E-state index in [4.69, 9.17) is 4.74 Å². The quantitative estimate of drug-likeness (QED) is 0.647. The van der Waals surface area contributed by atoms with Gasteiger partial charge in [-0.05, 0) is 25.9 Å². The Morgan fingerprint density at radius 3 is 1.40 bits per heavy atom. The van der Waals surface area contributed by atoms with Crippen molar-refractivity contribution in [3.8, 4) is 0 Å². The van der Waals surface area contributed by atoms with Crippen molar-refractivity contribution in [1.29, 1.82) is 0 Å². The van der Waals surface area contributed by atoms with Crippen molar-refractivity contribution in [2.75, 3.05) is 39.4 Å². The first-order valence-corrected chi connectivity index (χ1v) is 6.41. The summed E-state index contributed by atoms with van der Waals surface area (Å²) in [5.74, 6) is 0. The van der Waals surface area contributed by atoms with E-state index in [1.165, 1.54) is 38.8 Å². The fraction of sp³-hybridized carbons (Fsp3) is 1.00. The molecule has 0 saturated carbocycles. The molecule has 0 radical (unpaired) electrons. The molecule has 0 aromatic carbocycles. The number of hydrogen-bond acceptors (Lipinski definition) is 3. The normalized spacial score (nSPS) is 20.4. The maximum Gasteiger partial charge on any atom is 0.0591 e. The van der Waals surface area contributed by atoms with Crippen LogP contribution < -0.4 is 10.6 Å². The SMILES string of the molecule is C1CCNCC1.C1COCCN1.CCC. The number of ether oxygens (including phenoxy) is 1. The molecule has 2 N–H and O–H groups in total. The highest BCUT2D eigenvalue weighted by Gasteiger charge is 1.94. The van der Waals surface area contributed by atoms with Gasteiger partial charge in [-0.1, -0.05) is 26.7 Å². The summed E-state index contributed by atoms with van der Waals surface area (Å²) in [5, 5.41) is 6.44. The molecule has 2 heterocycles. The van der Waals surface area contributed by atoms with Crippen LogP contribution in [0.4, 0.5) is 0 Å². The summed E-state index contributed by atoms with van der Waals surface area (Å²) < 4.78 is 5.01. The lowest BCUT2D eigenvalue weighted by Gasteiger charge is -2.10. The third-order valence-corrected chi connectivity index (χ3v) is 2.05. The molecule has 2 fully saturated rings. The predicted molar refractivity (Wildman–Crippen MR) is 66.4 cm³/mol. The topological polar surface area (TPSA) is 33.3 Å². The zero-order valence-electron chi connectivity index (χ0n) is 10.5. The molecule has 2 rings (SSSR count). The molecule has 2 aliphatic rings. The maximum absolute atomic E-state index is 5.01. The van der Waals surface area contributed by atoms with Crippen molar-refractivity contribution in [3.05, 3.63) is 0 Å². The first-order chi connectivity index (χ1) is 7.41. The minimum absolute atomic E-state index is 0.889. The van der Waals surface area contributed by atoms with E-state index >= 15 is 0 Å². The van der Waals surface area contributed by atoms with Crippen molar-refractivity contribution in [2.24, 2.45) is 0 Å². The first kappa shape index (κ1) is 14.9. The smallest absolute Gasteiger partial charge is 0.0591 e. The minimum atomic E-state index is 0.889. The monoisotopic (exact) mass is 216 g/mol. The van der Waals surface area contributed by atoms with Crippen LogP contribution in [0, 0.1) is 0 Å². The zero-order valence-corrected chi connectivity index (χ0v) is 10.5. The van der Waals surface area contributed by atoms with E-state index in [-0.39, 0.29) is 0 Å². The summed E-state index contributed by atoms with van der Waals surface area (Å²) in [5.41, 5.74) is 0. The van der Waals surface area contributed by atoms with Crippen LogP contribution in [0.2, 0.25) is 0 Å². The molecule has 0 aromatic rings. The summed E-state index contributed by atoms with van der Waals surface area (Å²) >= 11 is 0. The molecule has 92 valence electrons. The van der Waals surface area contributed by atoms with Gasteiger partial charge in [0.1, 0.15) is 0 Å². The lowest BCUT2D eigenvalue weighted by molar-refractivity contribution is 0.109. The molecule has 0 unspecified atom stereocenters. The lowest BCUT2D eigenvalue weighted by Crippen LogP contribution is -2.30. The first-order valence-electron chi connectivity index (χ1n) is 6.41. The van der Waals surface area contributed by atoms with Gasteiger partial charge in [-0.15, -0.1) is 0 Å². The Kier molecular flexibility index (Phi) is 13.8. The number of nitrogens with one attached hydrogen (secondary N) is 2. The third-order valence-electron chi connectivity index (χ3n) is 2.05. The Bertz CT molecular complexity index is 66.8. The molecule has 0 aromatic heterocycles. The molecule has 0 bridgehead atoms. The van der Waals surface area contributed by atoms with Crippen molar-refractivity contribution in [1.82, 2.24) is 10.6 Å². The van der Waals surface area contributed by atoms with Gasteiger partial charge in [-0.3, -0.25) is 0 Å². The number of piperidine rings is 1. The summed E-state index contributed by atoms with van der Waals surface area (Å²) in [6, 6.07) is 0. The molecule has 0 amide bonds. The van der Waals surface area contributed by atoms with Gasteiger partial charge in [0.2, 0.25) is 0 Å². The van der Waals surface area contributed by atoms with Crippen LogP contribution >= 0.6 is 0 Å². The summed E-state index contributed by atoms with van der Waals surface area (Å²) in [6.45, 7) is 10.6. The molecule has 2 saturated heterocycles. The standard InChI is InChI=1S/C5H11N.C4H9NO.C3H8/c1-2-4-6-5-3-1;1-3-6-4-2-5-1;1-3-2/h6H,1-5H2;5H,1-4H2;3H2,1-2H3. The van der Waals surface area contributed by atoms with Gasteiger partial charge < -0.3 is 15.4 Å². The van der Waals surface area contributed by atoms with Crippen LogP contribution in [0.1, 0.15) is 39.5 Å². The van der Waals surface area contributed by atoms with E-state index < -0.39 is 0 Å². The number of hydrogen-bond donors (Lipinski definition) is 2. The van der Waals surface area contributed by atoms with Gasteiger partial charge in [0.05, 0.1) is 13.2 Å². The van der Waals surface area contributed by atoms with E-state index in [2.05, 4.69) is 24.5 Å². The Morgan fingerprint density at radius 1 is 0.800 bits per heavy atom. The number of morpholine rings is 1. The van der Waals surface area contributed by atoms with Gasteiger partial charge in [0.15, 0.2) is 0 Å². The van der Waals surface area contributed by atoms with Gasteiger partial charge in [-0.25, -0.2) is 0 Å². The highest BCUT2D eigenvalue weighted by Crippen LogP contribution is 1.96. The Balaban J connectivity index is 0.000000210. The molecule has 2 aliphatic heterocycles. The highest BCUT2D eigenvalue weighted by atomic mass is 16.5. The van der Waals surface area contributed by atoms with Gasteiger partial charge in [-0.2, -0.15) is 0 Å². The Labute approximate surface area is 95.0 Å². The molecule has 3 heteroatoms. The van der Waals surface area contributed by atoms with Gasteiger partial charge in [0.25, 0.3) is 0 Å². The molecule has 0 aliphatic carbocycles. The van der Waals surface area contributed by atoms with Gasteiger partial charge in [0, 0.05) is 13.1 Å². The molecular weight excluding hydrogens is 188 g/mol. The van der Waals surface area contributed by atoms with E-state index in [9.17, 15) is 0 Å². The minimum Gasteiger partial charge on any atom is -0.379 e. The predicted octanol–water partition coefficient (Wildman–Crippen LogP) is 1.78. The molecular formula is C12H28N2O. The van der Waals surface area contributed by atoms with E-state index in [1.807, 2.05) is 0 Å². The van der Waals surface area contributed by atoms with E-state index in [1.54, 1.807) is 0 Å².